The van der Waals surface area contributed by atoms with Crippen LogP contribution in [0.2, 0.25) is 0 Å². The molecule has 8 nitrogen and oxygen atoms in total. The van der Waals surface area contributed by atoms with Crippen molar-refractivity contribution in [2.75, 3.05) is 0 Å². The minimum Gasteiger partial charge on any atom is -0.334 e. The number of aromatic nitrogens is 7. The SMILES string of the molecule is Cc1ccc(C)n1-c1ccc(-c2ccc(C(C)(c3noc(-c4cnn(C)c4)n3)C3CC3)cn2)cn1. The van der Waals surface area contributed by atoms with E-state index in [0.717, 1.165) is 52.4 Å². The average molecular weight is 466 g/mol. The van der Waals surface area contributed by atoms with Crippen molar-refractivity contribution in [3.05, 3.63) is 84.0 Å². The summed E-state index contributed by atoms with van der Waals surface area (Å²) in [5.41, 5.74) is 5.74. The second-order valence-corrected chi connectivity index (χ2v) is 9.59. The van der Waals surface area contributed by atoms with E-state index in [1.807, 2.05) is 31.7 Å². The molecule has 6 rings (SSSR count). The van der Waals surface area contributed by atoms with Gasteiger partial charge in [-0.05, 0) is 75.4 Å². The lowest BCUT2D eigenvalue weighted by molar-refractivity contribution is 0.386. The first-order valence-electron chi connectivity index (χ1n) is 11.8. The van der Waals surface area contributed by atoms with Crippen LogP contribution in [0, 0.1) is 19.8 Å². The molecule has 5 aromatic rings. The Bertz CT molecular complexity index is 1470. The topological polar surface area (TPSA) is 87.5 Å². The van der Waals surface area contributed by atoms with Crippen molar-refractivity contribution in [1.82, 2.24) is 34.5 Å². The van der Waals surface area contributed by atoms with Gasteiger partial charge in [0.2, 0.25) is 0 Å². The molecule has 0 spiro atoms. The van der Waals surface area contributed by atoms with Gasteiger partial charge in [0.1, 0.15) is 5.82 Å². The summed E-state index contributed by atoms with van der Waals surface area (Å²) >= 11 is 0. The highest BCUT2D eigenvalue weighted by Gasteiger charge is 2.47. The molecule has 0 N–H and O–H groups in total. The summed E-state index contributed by atoms with van der Waals surface area (Å²) < 4.78 is 9.49. The number of nitrogens with zero attached hydrogens (tertiary/aromatic N) is 7. The van der Waals surface area contributed by atoms with Gasteiger partial charge in [-0.25, -0.2) is 4.98 Å². The van der Waals surface area contributed by atoms with Crippen LogP contribution in [0.15, 0.2) is 65.7 Å². The fourth-order valence-corrected chi connectivity index (χ4v) is 4.86. The Labute approximate surface area is 203 Å². The molecule has 176 valence electrons. The lowest BCUT2D eigenvalue weighted by Crippen LogP contribution is -2.28. The molecular formula is C27H27N7O. The maximum Gasteiger partial charge on any atom is 0.261 e. The van der Waals surface area contributed by atoms with Crippen LogP contribution in [-0.4, -0.2) is 34.5 Å². The Morgan fingerprint density at radius 2 is 1.71 bits per heavy atom. The summed E-state index contributed by atoms with van der Waals surface area (Å²) in [5.74, 6) is 2.55. The van der Waals surface area contributed by atoms with E-state index in [1.165, 1.54) is 0 Å². The Kier molecular flexibility index (Phi) is 4.91. The first kappa shape index (κ1) is 21.5. The number of hydrogen-bond donors (Lipinski definition) is 0. The Hall–Kier alpha value is -4.07. The van der Waals surface area contributed by atoms with Gasteiger partial charge in [-0.15, -0.1) is 0 Å². The molecule has 1 atom stereocenters. The van der Waals surface area contributed by atoms with Crippen molar-refractivity contribution in [2.24, 2.45) is 13.0 Å². The van der Waals surface area contributed by atoms with Gasteiger partial charge < -0.3 is 9.09 Å². The van der Waals surface area contributed by atoms with Crippen LogP contribution in [0.1, 0.15) is 42.5 Å². The lowest BCUT2D eigenvalue weighted by Gasteiger charge is -2.26. The fraction of sp³-hybridized carbons (Fsp3) is 0.296. The molecule has 5 heterocycles. The van der Waals surface area contributed by atoms with Gasteiger partial charge in [-0.2, -0.15) is 10.1 Å². The van der Waals surface area contributed by atoms with E-state index in [9.17, 15) is 0 Å². The third-order valence-corrected chi connectivity index (χ3v) is 7.14. The normalized spacial score (nSPS) is 15.3. The molecule has 35 heavy (non-hydrogen) atoms. The zero-order chi connectivity index (χ0) is 24.2. The van der Waals surface area contributed by atoms with E-state index in [0.29, 0.717) is 17.6 Å². The molecule has 0 radical (unpaired) electrons. The van der Waals surface area contributed by atoms with Gasteiger partial charge in [0, 0.05) is 42.6 Å². The zero-order valence-electron chi connectivity index (χ0n) is 20.3. The van der Waals surface area contributed by atoms with E-state index in [-0.39, 0.29) is 5.41 Å². The third kappa shape index (κ3) is 3.65. The van der Waals surface area contributed by atoms with Gasteiger partial charge in [0.25, 0.3) is 5.89 Å². The molecule has 1 fully saturated rings. The van der Waals surface area contributed by atoms with Crippen LogP contribution in [0.5, 0.6) is 0 Å². The predicted molar refractivity (Wildman–Crippen MR) is 132 cm³/mol. The van der Waals surface area contributed by atoms with Crippen molar-refractivity contribution >= 4 is 0 Å². The number of aryl methyl sites for hydroxylation is 3. The Morgan fingerprint density at radius 3 is 2.31 bits per heavy atom. The summed E-state index contributed by atoms with van der Waals surface area (Å²) in [6.07, 6.45) is 9.72. The van der Waals surface area contributed by atoms with Crippen molar-refractivity contribution in [3.8, 4) is 28.5 Å². The van der Waals surface area contributed by atoms with Gasteiger partial charge in [0.15, 0.2) is 5.82 Å². The maximum absolute atomic E-state index is 5.62. The number of hydrogen-bond acceptors (Lipinski definition) is 6. The van der Waals surface area contributed by atoms with Gasteiger partial charge in [0.05, 0.1) is 22.9 Å². The summed E-state index contributed by atoms with van der Waals surface area (Å²) in [6.45, 7) is 6.36. The highest BCUT2D eigenvalue weighted by molar-refractivity contribution is 5.59. The molecule has 1 aliphatic carbocycles. The summed E-state index contributed by atoms with van der Waals surface area (Å²) in [7, 11) is 1.87. The standard InChI is InChI=1S/C27H27N7O/c1-17-5-6-18(2)34(17)24-12-7-19(13-29-24)23-11-10-22(15-28-23)27(3,21-8-9-21)26-31-25(35-32-26)20-14-30-33(4)16-20/h5-7,10-16,21H,8-9H2,1-4H3. The zero-order valence-corrected chi connectivity index (χ0v) is 20.3. The lowest BCUT2D eigenvalue weighted by atomic mass is 9.77. The van der Waals surface area contributed by atoms with Crippen molar-refractivity contribution in [1.29, 1.82) is 0 Å². The third-order valence-electron chi connectivity index (χ3n) is 7.14. The van der Waals surface area contributed by atoms with Crippen molar-refractivity contribution < 1.29 is 4.52 Å². The number of pyridine rings is 2. The van der Waals surface area contributed by atoms with Crippen LogP contribution in [0.25, 0.3) is 28.5 Å². The number of rotatable bonds is 6. The Balaban J connectivity index is 1.29. The summed E-state index contributed by atoms with van der Waals surface area (Å²) in [6, 6.07) is 12.5. The van der Waals surface area contributed by atoms with E-state index < -0.39 is 0 Å². The quantitative estimate of drug-likeness (QED) is 0.349. The molecule has 1 unspecified atom stereocenters. The van der Waals surface area contributed by atoms with Crippen LogP contribution < -0.4 is 0 Å². The predicted octanol–water partition coefficient (Wildman–Crippen LogP) is 5.05. The second-order valence-electron chi connectivity index (χ2n) is 9.59. The molecule has 1 saturated carbocycles. The molecule has 0 saturated heterocycles. The van der Waals surface area contributed by atoms with E-state index in [4.69, 9.17) is 19.5 Å². The Morgan fingerprint density at radius 1 is 0.914 bits per heavy atom. The molecular weight excluding hydrogens is 438 g/mol. The monoisotopic (exact) mass is 465 g/mol. The first-order valence-corrected chi connectivity index (χ1v) is 11.8. The maximum atomic E-state index is 5.62. The minimum atomic E-state index is -0.360. The van der Waals surface area contributed by atoms with Crippen LogP contribution in [0.3, 0.4) is 0 Å². The van der Waals surface area contributed by atoms with E-state index in [1.54, 1.807) is 10.9 Å². The highest BCUT2D eigenvalue weighted by atomic mass is 16.5. The molecule has 1 aliphatic rings. The van der Waals surface area contributed by atoms with Crippen molar-refractivity contribution in [2.45, 2.75) is 39.0 Å². The average Bonchev–Trinajstić information content (AvgIpc) is 3.29. The summed E-state index contributed by atoms with van der Waals surface area (Å²) in [5, 5.41) is 8.59. The first-order chi connectivity index (χ1) is 16.9. The summed E-state index contributed by atoms with van der Waals surface area (Å²) in [4.78, 5) is 14.3. The van der Waals surface area contributed by atoms with Crippen LogP contribution >= 0.6 is 0 Å². The fourth-order valence-electron chi connectivity index (χ4n) is 4.86. The van der Waals surface area contributed by atoms with E-state index in [2.05, 4.69) is 65.9 Å². The van der Waals surface area contributed by atoms with Gasteiger partial charge in [-0.1, -0.05) is 11.2 Å². The van der Waals surface area contributed by atoms with Gasteiger partial charge >= 0.3 is 0 Å². The van der Waals surface area contributed by atoms with Crippen molar-refractivity contribution in [3.63, 3.8) is 0 Å². The molecule has 0 aromatic carbocycles. The molecule has 8 heteroatoms. The van der Waals surface area contributed by atoms with Crippen LogP contribution in [-0.2, 0) is 12.5 Å². The molecule has 0 aliphatic heterocycles. The van der Waals surface area contributed by atoms with E-state index >= 15 is 0 Å². The molecule has 5 aromatic heterocycles. The molecule has 0 bridgehead atoms. The van der Waals surface area contributed by atoms with Gasteiger partial charge in [-0.3, -0.25) is 9.67 Å². The highest BCUT2D eigenvalue weighted by Crippen LogP contribution is 2.50. The largest absolute Gasteiger partial charge is 0.334 e. The molecule has 0 amide bonds. The minimum absolute atomic E-state index is 0.360. The smallest absolute Gasteiger partial charge is 0.261 e. The van der Waals surface area contributed by atoms with Crippen LogP contribution in [0.4, 0.5) is 0 Å². The second kappa shape index (κ2) is 8.01.